The van der Waals surface area contributed by atoms with Gasteiger partial charge in [-0.1, -0.05) is 18.2 Å². The molecule has 3 aromatic heterocycles. The smallest absolute Gasteiger partial charge is 0.203 e. The predicted molar refractivity (Wildman–Crippen MR) is 120 cm³/mol. The number of benzene rings is 2. The van der Waals surface area contributed by atoms with Gasteiger partial charge in [-0.05, 0) is 30.3 Å². The Kier molecular flexibility index (Phi) is 4.63. The molecule has 0 bridgehead atoms. The van der Waals surface area contributed by atoms with Crippen LogP contribution in [0.4, 0.5) is 0 Å². The van der Waals surface area contributed by atoms with Crippen LogP contribution in [0.15, 0.2) is 60.9 Å². The molecule has 0 aliphatic carbocycles. The van der Waals surface area contributed by atoms with E-state index in [1.54, 1.807) is 33.7 Å². The van der Waals surface area contributed by atoms with Crippen molar-refractivity contribution in [2.45, 2.75) is 0 Å². The summed E-state index contributed by atoms with van der Waals surface area (Å²) in [6.07, 6.45) is 3.57. The summed E-state index contributed by atoms with van der Waals surface area (Å²) in [5.74, 6) is 1.66. The Morgan fingerprint density at radius 3 is 2.32 bits per heavy atom. The molecular weight excluding hydrogens is 392 g/mol. The second kappa shape index (κ2) is 7.60. The minimum absolute atomic E-state index is 0.534. The van der Waals surface area contributed by atoms with E-state index >= 15 is 0 Å². The van der Waals surface area contributed by atoms with E-state index in [4.69, 9.17) is 19.2 Å². The molecule has 0 saturated carbocycles. The molecular formula is C24H20N4O3. The Hall–Kier alpha value is -4.13. The molecule has 1 N–H and O–H groups in total. The number of aromatic nitrogens is 4. The molecule has 0 aliphatic rings. The molecule has 31 heavy (non-hydrogen) atoms. The van der Waals surface area contributed by atoms with E-state index < -0.39 is 0 Å². The molecule has 0 atom stereocenters. The molecule has 5 aromatic rings. The van der Waals surface area contributed by atoms with Crippen LogP contribution in [0.5, 0.6) is 17.2 Å². The summed E-state index contributed by atoms with van der Waals surface area (Å²) in [6.45, 7) is 0. The third-order valence-corrected chi connectivity index (χ3v) is 5.31. The summed E-state index contributed by atoms with van der Waals surface area (Å²) in [7, 11) is 4.78. The van der Waals surface area contributed by atoms with Crippen molar-refractivity contribution in [2.75, 3.05) is 21.3 Å². The maximum atomic E-state index is 5.54. The van der Waals surface area contributed by atoms with Crippen molar-refractivity contribution in [3.8, 4) is 39.8 Å². The van der Waals surface area contributed by atoms with Crippen molar-refractivity contribution < 1.29 is 14.2 Å². The lowest BCUT2D eigenvalue weighted by atomic mass is 9.99. The molecule has 5 rings (SSSR count). The highest BCUT2D eigenvalue weighted by atomic mass is 16.5. The Bertz CT molecular complexity index is 1380. The van der Waals surface area contributed by atoms with E-state index in [0.717, 1.165) is 44.3 Å². The quantitative estimate of drug-likeness (QED) is 0.444. The first-order valence-electron chi connectivity index (χ1n) is 9.72. The number of pyridine rings is 2. The van der Waals surface area contributed by atoms with Gasteiger partial charge in [0, 0.05) is 28.9 Å². The summed E-state index contributed by atoms with van der Waals surface area (Å²) in [5, 5.41) is 9.68. The highest BCUT2D eigenvalue weighted by Crippen LogP contribution is 2.43. The fourth-order valence-corrected chi connectivity index (χ4v) is 3.91. The first-order chi connectivity index (χ1) is 15.2. The Labute approximate surface area is 178 Å². The number of nitrogens with zero attached hydrogens (tertiary/aromatic N) is 3. The standard InChI is InChI=1S/C24H20N4O3/c1-29-19-12-14(13-20(30-2)24(19)31-3)22-21-18(27-28-22)9-11-26-23(21)16-6-4-8-17-15(16)7-5-10-25-17/h4-13H,1-3H3,(H,27,28). The summed E-state index contributed by atoms with van der Waals surface area (Å²) in [4.78, 5) is 9.21. The molecule has 3 heterocycles. The number of hydrogen-bond acceptors (Lipinski definition) is 6. The zero-order valence-electron chi connectivity index (χ0n) is 17.3. The van der Waals surface area contributed by atoms with Gasteiger partial charge in [0.1, 0.15) is 5.69 Å². The molecule has 7 heteroatoms. The van der Waals surface area contributed by atoms with Crippen LogP contribution in [0.3, 0.4) is 0 Å². The maximum absolute atomic E-state index is 5.54. The molecule has 0 amide bonds. The van der Waals surface area contributed by atoms with Crippen LogP contribution in [-0.4, -0.2) is 41.5 Å². The molecule has 0 spiro atoms. The zero-order valence-corrected chi connectivity index (χ0v) is 17.3. The molecule has 0 fully saturated rings. The molecule has 7 nitrogen and oxygen atoms in total. The second-order valence-electron chi connectivity index (χ2n) is 6.94. The number of methoxy groups -OCH3 is 3. The van der Waals surface area contributed by atoms with Crippen LogP contribution in [-0.2, 0) is 0 Å². The van der Waals surface area contributed by atoms with Gasteiger partial charge in [0.2, 0.25) is 5.75 Å². The fraction of sp³-hybridized carbons (Fsp3) is 0.125. The van der Waals surface area contributed by atoms with Gasteiger partial charge < -0.3 is 14.2 Å². The number of rotatable bonds is 5. The highest BCUT2D eigenvalue weighted by Gasteiger charge is 2.20. The van der Waals surface area contributed by atoms with Crippen LogP contribution >= 0.6 is 0 Å². The van der Waals surface area contributed by atoms with Crippen LogP contribution in [0.1, 0.15) is 0 Å². The van der Waals surface area contributed by atoms with Crippen molar-refractivity contribution in [1.29, 1.82) is 0 Å². The molecule has 0 aliphatic heterocycles. The van der Waals surface area contributed by atoms with Gasteiger partial charge in [-0.15, -0.1) is 0 Å². The average Bonchev–Trinajstić information content (AvgIpc) is 3.27. The fourth-order valence-electron chi connectivity index (χ4n) is 3.91. The number of fused-ring (bicyclic) bond motifs is 2. The molecule has 154 valence electrons. The molecule has 0 radical (unpaired) electrons. The van der Waals surface area contributed by atoms with Crippen LogP contribution in [0.25, 0.3) is 44.3 Å². The lowest BCUT2D eigenvalue weighted by molar-refractivity contribution is 0.324. The van der Waals surface area contributed by atoms with Crippen molar-refractivity contribution in [2.24, 2.45) is 0 Å². The zero-order chi connectivity index (χ0) is 21.4. The van der Waals surface area contributed by atoms with E-state index in [-0.39, 0.29) is 0 Å². The largest absolute Gasteiger partial charge is 0.493 e. The summed E-state index contributed by atoms with van der Waals surface area (Å²) in [5.41, 5.74) is 5.19. The number of ether oxygens (including phenoxy) is 3. The van der Waals surface area contributed by atoms with E-state index in [1.807, 2.05) is 36.4 Å². The van der Waals surface area contributed by atoms with Crippen LogP contribution in [0, 0.1) is 0 Å². The first kappa shape index (κ1) is 18.9. The van der Waals surface area contributed by atoms with E-state index in [1.165, 1.54) is 0 Å². The van der Waals surface area contributed by atoms with Gasteiger partial charge >= 0.3 is 0 Å². The van der Waals surface area contributed by atoms with E-state index in [9.17, 15) is 0 Å². The third-order valence-electron chi connectivity index (χ3n) is 5.31. The number of aromatic amines is 1. The van der Waals surface area contributed by atoms with Crippen molar-refractivity contribution in [1.82, 2.24) is 20.2 Å². The van der Waals surface area contributed by atoms with Gasteiger partial charge in [0.05, 0.1) is 43.4 Å². The topological polar surface area (TPSA) is 82.2 Å². The van der Waals surface area contributed by atoms with E-state index in [2.05, 4.69) is 27.3 Å². The first-order valence-corrected chi connectivity index (χ1v) is 9.72. The predicted octanol–water partition coefficient (Wildman–Crippen LogP) is 4.87. The normalized spacial score (nSPS) is 11.1. The maximum Gasteiger partial charge on any atom is 0.203 e. The molecule has 0 unspecified atom stereocenters. The lowest BCUT2D eigenvalue weighted by Gasteiger charge is -2.14. The average molecular weight is 412 g/mol. The Morgan fingerprint density at radius 1 is 0.774 bits per heavy atom. The minimum atomic E-state index is 0.534. The summed E-state index contributed by atoms with van der Waals surface area (Å²) >= 11 is 0. The lowest BCUT2D eigenvalue weighted by Crippen LogP contribution is -1.96. The van der Waals surface area contributed by atoms with Crippen LogP contribution in [0.2, 0.25) is 0 Å². The highest BCUT2D eigenvalue weighted by molar-refractivity contribution is 6.07. The van der Waals surface area contributed by atoms with Gasteiger partial charge in [0.15, 0.2) is 11.5 Å². The Balaban J connectivity index is 1.80. The number of H-pyrrole nitrogens is 1. The molecule has 0 saturated heterocycles. The van der Waals surface area contributed by atoms with Gasteiger partial charge in [-0.25, -0.2) is 0 Å². The minimum Gasteiger partial charge on any atom is -0.493 e. The monoisotopic (exact) mass is 412 g/mol. The van der Waals surface area contributed by atoms with Crippen LogP contribution < -0.4 is 14.2 Å². The van der Waals surface area contributed by atoms with Gasteiger partial charge in [0.25, 0.3) is 0 Å². The van der Waals surface area contributed by atoms with Crippen molar-refractivity contribution >= 4 is 21.8 Å². The van der Waals surface area contributed by atoms with Crippen molar-refractivity contribution in [3.05, 3.63) is 60.9 Å². The number of nitrogens with one attached hydrogen (secondary N) is 1. The summed E-state index contributed by atoms with van der Waals surface area (Å²) in [6, 6.07) is 15.7. The SMILES string of the molecule is COc1cc(-c2n[nH]c3ccnc(-c4cccc5ncccc45)c23)cc(OC)c1OC. The summed E-state index contributed by atoms with van der Waals surface area (Å²) < 4.78 is 16.5. The Morgan fingerprint density at radius 2 is 1.58 bits per heavy atom. The second-order valence-corrected chi connectivity index (χ2v) is 6.94. The third kappa shape index (κ3) is 3.02. The number of hydrogen-bond donors (Lipinski definition) is 1. The van der Waals surface area contributed by atoms with Gasteiger partial charge in [-0.2, -0.15) is 5.10 Å². The van der Waals surface area contributed by atoms with Crippen molar-refractivity contribution in [3.63, 3.8) is 0 Å². The van der Waals surface area contributed by atoms with Gasteiger partial charge in [-0.3, -0.25) is 15.1 Å². The van der Waals surface area contributed by atoms with E-state index in [0.29, 0.717) is 17.2 Å². The molecule has 2 aromatic carbocycles.